The molecule has 1 aromatic rings. The molecule has 6 heteroatoms. The molecule has 20 heavy (non-hydrogen) atoms. The van der Waals surface area contributed by atoms with Gasteiger partial charge in [-0.2, -0.15) is 11.8 Å². The van der Waals surface area contributed by atoms with Crippen molar-refractivity contribution in [3.8, 4) is 5.75 Å². The predicted molar refractivity (Wildman–Crippen MR) is 70.7 cm³/mol. The summed E-state index contributed by atoms with van der Waals surface area (Å²) in [4.78, 5) is 0. The lowest BCUT2D eigenvalue weighted by molar-refractivity contribution is -0.274. The molecule has 0 radical (unpaired) electrons. The summed E-state index contributed by atoms with van der Waals surface area (Å²) in [5, 5.41) is 11.7. The standard InChI is InChI=1S/C14H15F3O2S/c15-14(16,17)19-10-3-1-9(2-4-10)13(18)7-11-5-6-12(8-13)20-11/h1-4,11-12,18H,5-8H2. The number of ether oxygens (including phenoxy) is 1. The molecule has 2 saturated heterocycles. The zero-order valence-electron chi connectivity index (χ0n) is 10.7. The van der Waals surface area contributed by atoms with Gasteiger partial charge in [0.2, 0.25) is 0 Å². The summed E-state index contributed by atoms with van der Waals surface area (Å²) in [7, 11) is 0. The molecule has 0 aliphatic carbocycles. The van der Waals surface area contributed by atoms with Gasteiger partial charge in [-0.15, -0.1) is 13.2 Å². The van der Waals surface area contributed by atoms with Crippen molar-refractivity contribution in [1.82, 2.24) is 0 Å². The van der Waals surface area contributed by atoms with Crippen LogP contribution in [0.15, 0.2) is 24.3 Å². The number of thioether (sulfide) groups is 1. The Balaban J connectivity index is 1.77. The van der Waals surface area contributed by atoms with E-state index >= 15 is 0 Å². The van der Waals surface area contributed by atoms with Gasteiger partial charge in [-0.3, -0.25) is 0 Å². The Morgan fingerprint density at radius 3 is 2.15 bits per heavy atom. The molecule has 0 amide bonds. The highest BCUT2D eigenvalue weighted by atomic mass is 32.2. The Labute approximate surface area is 119 Å². The van der Waals surface area contributed by atoms with Gasteiger partial charge in [0.05, 0.1) is 5.60 Å². The lowest BCUT2D eigenvalue weighted by Gasteiger charge is -2.36. The molecule has 2 heterocycles. The second-order valence-electron chi connectivity index (χ2n) is 5.47. The van der Waals surface area contributed by atoms with Crippen molar-refractivity contribution in [2.24, 2.45) is 0 Å². The first-order chi connectivity index (χ1) is 9.34. The molecule has 2 aliphatic rings. The van der Waals surface area contributed by atoms with Gasteiger partial charge in [-0.05, 0) is 43.4 Å². The maximum Gasteiger partial charge on any atom is 0.573 e. The molecule has 0 spiro atoms. The number of hydrogen-bond acceptors (Lipinski definition) is 3. The third-order valence-corrected chi connectivity index (χ3v) is 5.53. The van der Waals surface area contributed by atoms with Crippen LogP contribution in [0.5, 0.6) is 5.75 Å². The fraction of sp³-hybridized carbons (Fsp3) is 0.571. The van der Waals surface area contributed by atoms with E-state index in [1.165, 1.54) is 24.3 Å². The van der Waals surface area contributed by atoms with Crippen LogP contribution in [0.2, 0.25) is 0 Å². The van der Waals surface area contributed by atoms with Crippen LogP contribution in [0.4, 0.5) is 13.2 Å². The van der Waals surface area contributed by atoms with Gasteiger partial charge in [0.15, 0.2) is 0 Å². The fourth-order valence-corrected chi connectivity index (χ4v) is 4.95. The molecule has 2 bridgehead atoms. The molecular weight excluding hydrogens is 289 g/mol. The molecule has 2 aliphatic heterocycles. The summed E-state index contributed by atoms with van der Waals surface area (Å²) in [5.41, 5.74) is -0.224. The number of rotatable bonds is 2. The van der Waals surface area contributed by atoms with Crippen molar-refractivity contribution >= 4 is 11.8 Å². The molecular formula is C14H15F3O2S. The molecule has 0 saturated carbocycles. The average molecular weight is 304 g/mol. The van der Waals surface area contributed by atoms with E-state index < -0.39 is 12.0 Å². The SMILES string of the molecule is OC1(c2ccc(OC(F)(F)F)cc2)CC2CCC(C1)S2. The van der Waals surface area contributed by atoms with E-state index in [0.29, 0.717) is 28.9 Å². The Morgan fingerprint density at radius 1 is 1.10 bits per heavy atom. The van der Waals surface area contributed by atoms with Gasteiger partial charge < -0.3 is 9.84 Å². The normalized spacial score (nSPS) is 33.2. The number of halogens is 3. The molecule has 1 aromatic carbocycles. The zero-order valence-corrected chi connectivity index (χ0v) is 11.5. The molecule has 0 aromatic heterocycles. The minimum Gasteiger partial charge on any atom is -0.406 e. The van der Waals surface area contributed by atoms with Crippen LogP contribution in [0.25, 0.3) is 0 Å². The van der Waals surface area contributed by atoms with Crippen molar-refractivity contribution in [2.75, 3.05) is 0 Å². The van der Waals surface area contributed by atoms with Crippen LogP contribution in [-0.2, 0) is 5.60 Å². The molecule has 110 valence electrons. The van der Waals surface area contributed by atoms with E-state index in [2.05, 4.69) is 4.74 Å². The summed E-state index contributed by atoms with van der Waals surface area (Å²) >= 11 is 1.93. The van der Waals surface area contributed by atoms with Gasteiger partial charge in [0.25, 0.3) is 0 Å². The average Bonchev–Trinajstić information content (AvgIpc) is 2.68. The highest BCUT2D eigenvalue weighted by Crippen LogP contribution is 2.51. The van der Waals surface area contributed by atoms with E-state index in [-0.39, 0.29) is 5.75 Å². The van der Waals surface area contributed by atoms with Gasteiger partial charge in [-0.25, -0.2) is 0 Å². The Bertz CT molecular complexity index is 474. The van der Waals surface area contributed by atoms with E-state index in [4.69, 9.17) is 0 Å². The van der Waals surface area contributed by atoms with Gasteiger partial charge in [0.1, 0.15) is 5.75 Å². The number of benzene rings is 1. The van der Waals surface area contributed by atoms with E-state index in [1.807, 2.05) is 11.8 Å². The Kier molecular flexibility index (Phi) is 3.41. The minimum atomic E-state index is -4.68. The molecule has 2 atom stereocenters. The van der Waals surface area contributed by atoms with Gasteiger partial charge >= 0.3 is 6.36 Å². The number of fused-ring (bicyclic) bond motifs is 2. The van der Waals surface area contributed by atoms with Crippen molar-refractivity contribution < 1.29 is 23.0 Å². The minimum absolute atomic E-state index is 0.252. The van der Waals surface area contributed by atoms with Crippen LogP contribution in [0.1, 0.15) is 31.2 Å². The predicted octanol–water partition coefficient (Wildman–Crippen LogP) is 3.83. The summed E-state index contributed by atoms with van der Waals surface area (Å²) in [6.07, 6.45) is -1.10. The zero-order chi connectivity index (χ0) is 14.4. The highest BCUT2D eigenvalue weighted by molar-refractivity contribution is 8.00. The molecule has 3 rings (SSSR count). The first-order valence-electron chi connectivity index (χ1n) is 6.58. The molecule has 2 fully saturated rings. The quantitative estimate of drug-likeness (QED) is 0.900. The first kappa shape index (κ1) is 14.1. The van der Waals surface area contributed by atoms with Gasteiger partial charge in [-0.1, -0.05) is 12.1 Å². The van der Waals surface area contributed by atoms with Crippen molar-refractivity contribution in [1.29, 1.82) is 0 Å². The Hall–Kier alpha value is -0.880. The van der Waals surface area contributed by atoms with Crippen LogP contribution >= 0.6 is 11.8 Å². The van der Waals surface area contributed by atoms with E-state index in [1.54, 1.807) is 0 Å². The largest absolute Gasteiger partial charge is 0.573 e. The smallest absolute Gasteiger partial charge is 0.406 e. The number of hydrogen-bond donors (Lipinski definition) is 1. The topological polar surface area (TPSA) is 29.5 Å². The summed E-state index contributed by atoms with van der Waals surface area (Å²) in [6.45, 7) is 0. The van der Waals surface area contributed by atoms with Crippen molar-refractivity contribution in [3.05, 3.63) is 29.8 Å². The van der Waals surface area contributed by atoms with Gasteiger partial charge in [0, 0.05) is 10.5 Å². The van der Waals surface area contributed by atoms with Crippen molar-refractivity contribution in [3.63, 3.8) is 0 Å². The van der Waals surface area contributed by atoms with Crippen molar-refractivity contribution in [2.45, 2.75) is 48.1 Å². The second kappa shape index (κ2) is 4.84. The van der Waals surface area contributed by atoms with Crippen LogP contribution in [0.3, 0.4) is 0 Å². The second-order valence-corrected chi connectivity index (χ2v) is 7.07. The summed E-state index contributed by atoms with van der Waals surface area (Å²) in [6, 6.07) is 5.61. The van der Waals surface area contributed by atoms with Crippen LogP contribution < -0.4 is 4.74 Å². The first-order valence-corrected chi connectivity index (χ1v) is 7.52. The van der Waals surface area contributed by atoms with E-state index in [9.17, 15) is 18.3 Å². The Morgan fingerprint density at radius 2 is 1.65 bits per heavy atom. The molecule has 2 nitrogen and oxygen atoms in total. The highest BCUT2D eigenvalue weighted by Gasteiger charge is 2.44. The maximum absolute atomic E-state index is 12.1. The third-order valence-electron chi connectivity index (χ3n) is 3.95. The number of aliphatic hydroxyl groups is 1. The summed E-state index contributed by atoms with van der Waals surface area (Å²) in [5.74, 6) is -0.252. The summed E-state index contributed by atoms with van der Waals surface area (Å²) < 4.78 is 40.2. The lowest BCUT2D eigenvalue weighted by atomic mass is 9.86. The van der Waals surface area contributed by atoms with Crippen LogP contribution in [0, 0.1) is 0 Å². The monoisotopic (exact) mass is 304 g/mol. The number of alkyl halides is 3. The lowest BCUT2D eigenvalue weighted by Crippen LogP contribution is -2.34. The van der Waals surface area contributed by atoms with Crippen LogP contribution in [-0.4, -0.2) is 22.0 Å². The molecule has 1 N–H and O–H groups in total. The molecule has 2 unspecified atom stereocenters. The third kappa shape index (κ3) is 2.91. The fourth-order valence-electron chi connectivity index (χ4n) is 3.12. The maximum atomic E-state index is 12.1. The van der Waals surface area contributed by atoms with E-state index in [0.717, 1.165) is 12.8 Å².